The van der Waals surface area contributed by atoms with Gasteiger partial charge in [0.15, 0.2) is 0 Å². The summed E-state index contributed by atoms with van der Waals surface area (Å²) in [5.74, 6) is 0.675. The average molecular weight is 344 g/mol. The molecule has 0 saturated carbocycles. The number of hydrogen-bond donors (Lipinski definition) is 1. The Morgan fingerprint density at radius 2 is 2.17 bits per heavy atom. The van der Waals surface area contributed by atoms with Gasteiger partial charge in [0, 0.05) is 36.6 Å². The maximum absolute atomic E-state index is 12.6. The smallest absolute Gasteiger partial charge is 0.256 e. The number of benzene rings is 1. The predicted molar refractivity (Wildman–Crippen MR) is 95.8 cm³/mol. The molecule has 1 aromatic carbocycles. The van der Waals surface area contributed by atoms with Gasteiger partial charge in [0.1, 0.15) is 0 Å². The molecule has 24 heavy (non-hydrogen) atoms. The van der Waals surface area contributed by atoms with Gasteiger partial charge in [-0.2, -0.15) is 0 Å². The van der Waals surface area contributed by atoms with Crippen LogP contribution in [0.15, 0.2) is 52.3 Å². The number of ether oxygens (including phenoxy) is 1. The summed E-state index contributed by atoms with van der Waals surface area (Å²) in [6, 6.07) is 10.6. The van der Waals surface area contributed by atoms with E-state index in [9.17, 15) is 9.59 Å². The van der Waals surface area contributed by atoms with E-state index in [4.69, 9.17) is 4.74 Å². The van der Waals surface area contributed by atoms with Crippen molar-refractivity contribution in [2.24, 2.45) is 7.05 Å². The molecule has 1 fully saturated rings. The molecular formula is C18H20N2O3S. The van der Waals surface area contributed by atoms with Gasteiger partial charge in [0.25, 0.3) is 5.91 Å². The molecule has 6 heteroatoms. The van der Waals surface area contributed by atoms with Gasteiger partial charge in [-0.1, -0.05) is 12.1 Å². The van der Waals surface area contributed by atoms with Crippen LogP contribution >= 0.6 is 11.8 Å². The summed E-state index contributed by atoms with van der Waals surface area (Å²) in [7, 11) is 1.66. The molecule has 1 saturated heterocycles. The predicted octanol–water partition coefficient (Wildman–Crippen LogP) is 2.91. The van der Waals surface area contributed by atoms with Gasteiger partial charge in [-0.05, 0) is 31.0 Å². The number of thioether (sulfide) groups is 1. The quantitative estimate of drug-likeness (QED) is 0.847. The first kappa shape index (κ1) is 16.8. The third-order valence-corrected chi connectivity index (χ3v) is 5.13. The van der Waals surface area contributed by atoms with E-state index in [-0.39, 0.29) is 17.6 Å². The van der Waals surface area contributed by atoms with Crippen LogP contribution in [0.3, 0.4) is 0 Å². The fourth-order valence-corrected chi connectivity index (χ4v) is 3.72. The molecular weight excluding hydrogens is 324 g/mol. The first-order valence-corrected chi connectivity index (χ1v) is 8.93. The third-order valence-electron chi connectivity index (χ3n) is 3.92. The molecule has 1 N–H and O–H groups in total. The molecule has 1 amide bonds. The van der Waals surface area contributed by atoms with E-state index < -0.39 is 0 Å². The van der Waals surface area contributed by atoms with Gasteiger partial charge in [-0.15, -0.1) is 11.8 Å². The molecule has 0 radical (unpaired) electrons. The highest BCUT2D eigenvalue weighted by Crippen LogP contribution is 2.27. The lowest BCUT2D eigenvalue weighted by molar-refractivity contribution is 0.102. The van der Waals surface area contributed by atoms with Crippen LogP contribution in [0, 0.1) is 0 Å². The summed E-state index contributed by atoms with van der Waals surface area (Å²) in [5.41, 5.74) is 1.12. The second-order valence-corrected chi connectivity index (χ2v) is 6.83. The van der Waals surface area contributed by atoms with E-state index in [0.29, 0.717) is 11.3 Å². The molecule has 1 atom stereocenters. The summed E-state index contributed by atoms with van der Waals surface area (Å²) in [5, 5.41) is 2.85. The fraction of sp³-hybridized carbons (Fsp3) is 0.333. The van der Waals surface area contributed by atoms with Crippen LogP contribution in [0.5, 0.6) is 0 Å². The monoisotopic (exact) mass is 344 g/mol. The number of hydrogen-bond acceptors (Lipinski definition) is 4. The minimum Gasteiger partial charge on any atom is -0.377 e. The highest BCUT2D eigenvalue weighted by Gasteiger charge is 2.18. The number of pyridine rings is 1. The molecule has 1 aromatic heterocycles. The Kier molecular flexibility index (Phi) is 5.37. The lowest BCUT2D eigenvalue weighted by Crippen LogP contribution is -2.18. The van der Waals surface area contributed by atoms with Crippen molar-refractivity contribution in [3.05, 3.63) is 58.5 Å². The Hall–Kier alpha value is -2.05. The van der Waals surface area contributed by atoms with Crippen LogP contribution in [0.25, 0.3) is 0 Å². The minimum atomic E-state index is -0.177. The molecule has 3 rings (SSSR count). The number of aryl methyl sites for hydroxylation is 1. The van der Waals surface area contributed by atoms with E-state index >= 15 is 0 Å². The molecule has 2 aromatic rings. The van der Waals surface area contributed by atoms with Crippen molar-refractivity contribution in [3.8, 4) is 0 Å². The maximum atomic E-state index is 12.6. The zero-order valence-electron chi connectivity index (χ0n) is 13.5. The topological polar surface area (TPSA) is 60.3 Å². The lowest BCUT2D eigenvalue weighted by Gasteiger charge is -2.12. The first-order valence-electron chi connectivity index (χ1n) is 7.95. The first-order chi connectivity index (χ1) is 11.6. The molecule has 0 unspecified atom stereocenters. The number of carbonyl (C=O) groups is 1. The zero-order chi connectivity index (χ0) is 16.9. The summed E-state index contributed by atoms with van der Waals surface area (Å²) in [6.07, 6.45) is 4.08. The highest BCUT2D eigenvalue weighted by atomic mass is 32.2. The third kappa shape index (κ3) is 4.07. The van der Waals surface area contributed by atoms with Gasteiger partial charge >= 0.3 is 0 Å². The van der Waals surface area contributed by atoms with Crippen molar-refractivity contribution >= 4 is 23.4 Å². The Labute approximate surface area is 145 Å². The van der Waals surface area contributed by atoms with Crippen molar-refractivity contribution in [2.45, 2.75) is 23.8 Å². The van der Waals surface area contributed by atoms with Gasteiger partial charge in [0.05, 0.1) is 17.4 Å². The SMILES string of the molecule is Cn1cc(NC(=O)c2ccccc2SC[C@H]2CCCO2)ccc1=O. The van der Waals surface area contributed by atoms with Gasteiger partial charge in [0.2, 0.25) is 5.56 Å². The standard InChI is InChI=1S/C18H20N2O3S/c1-20-11-13(8-9-17(20)21)19-18(22)15-6-2-3-7-16(15)24-12-14-5-4-10-23-14/h2-3,6-9,11,14H,4-5,10,12H2,1H3,(H,19,22)/t14-/m1/s1. The van der Waals surface area contributed by atoms with Crippen LogP contribution in [0.1, 0.15) is 23.2 Å². The van der Waals surface area contributed by atoms with Crippen LogP contribution in [0.4, 0.5) is 5.69 Å². The zero-order valence-corrected chi connectivity index (χ0v) is 14.3. The summed E-state index contributed by atoms with van der Waals surface area (Å²) >= 11 is 1.65. The van der Waals surface area contributed by atoms with Crippen molar-refractivity contribution in [3.63, 3.8) is 0 Å². The van der Waals surface area contributed by atoms with Gasteiger partial charge in [-0.3, -0.25) is 9.59 Å². The van der Waals surface area contributed by atoms with Gasteiger partial charge < -0.3 is 14.6 Å². The van der Waals surface area contributed by atoms with Crippen LogP contribution in [0.2, 0.25) is 0 Å². The normalized spacial score (nSPS) is 17.0. The number of amides is 1. The Morgan fingerprint density at radius 3 is 2.92 bits per heavy atom. The minimum absolute atomic E-state index is 0.111. The van der Waals surface area contributed by atoms with Crippen molar-refractivity contribution < 1.29 is 9.53 Å². The Bertz CT molecular complexity index is 782. The summed E-state index contributed by atoms with van der Waals surface area (Å²) < 4.78 is 7.08. The van der Waals surface area contributed by atoms with E-state index in [1.807, 2.05) is 24.3 Å². The number of nitrogens with one attached hydrogen (secondary N) is 1. The molecule has 126 valence electrons. The molecule has 2 heterocycles. The molecule has 0 bridgehead atoms. The second-order valence-electron chi connectivity index (χ2n) is 5.76. The number of rotatable bonds is 5. The Morgan fingerprint density at radius 1 is 1.33 bits per heavy atom. The fourth-order valence-electron chi connectivity index (χ4n) is 2.60. The van der Waals surface area contributed by atoms with E-state index in [1.165, 1.54) is 10.6 Å². The van der Waals surface area contributed by atoms with Crippen LogP contribution in [-0.2, 0) is 11.8 Å². The van der Waals surface area contributed by atoms with Gasteiger partial charge in [-0.25, -0.2) is 0 Å². The highest BCUT2D eigenvalue weighted by molar-refractivity contribution is 7.99. The lowest BCUT2D eigenvalue weighted by atomic mass is 10.2. The van der Waals surface area contributed by atoms with Crippen LogP contribution in [-0.4, -0.2) is 28.9 Å². The summed E-state index contributed by atoms with van der Waals surface area (Å²) in [6.45, 7) is 0.833. The molecule has 1 aliphatic rings. The molecule has 0 aliphatic carbocycles. The largest absolute Gasteiger partial charge is 0.377 e. The van der Waals surface area contributed by atoms with Crippen LogP contribution < -0.4 is 10.9 Å². The van der Waals surface area contributed by atoms with E-state index in [1.54, 1.807) is 31.1 Å². The molecule has 0 spiro atoms. The molecule has 1 aliphatic heterocycles. The number of aromatic nitrogens is 1. The van der Waals surface area contributed by atoms with E-state index in [0.717, 1.165) is 30.1 Å². The second kappa shape index (κ2) is 7.68. The van der Waals surface area contributed by atoms with Crippen molar-refractivity contribution in [1.82, 2.24) is 4.57 Å². The molecule has 5 nitrogen and oxygen atoms in total. The number of anilines is 1. The van der Waals surface area contributed by atoms with Crippen molar-refractivity contribution in [2.75, 3.05) is 17.7 Å². The van der Waals surface area contributed by atoms with E-state index in [2.05, 4.69) is 5.32 Å². The Balaban J connectivity index is 1.71. The maximum Gasteiger partial charge on any atom is 0.256 e. The summed E-state index contributed by atoms with van der Waals surface area (Å²) in [4.78, 5) is 25.0. The van der Waals surface area contributed by atoms with Crippen molar-refractivity contribution in [1.29, 1.82) is 0 Å². The number of carbonyl (C=O) groups excluding carboxylic acids is 1. The average Bonchev–Trinajstić information content (AvgIpc) is 3.10. The number of nitrogens with zero attached hydrogens (tertiary/aromatic N) is 1.